The molecule has 8 aromatic carbocycles. The number of rotatable bonds is 4. The minimum Gasteiger partial charge on any atom is -0.453 e. The van der Waals surface area contributed by atoms with Gasteiger partial charge in [-0.1, -0.05) is 109 Å². The van der Waals surface area contributed by atoms with Crippen LogP contribution in [0.5, 0.6) is 11.5 Å². The number of benzene rings is 8. The van der Waals surface area contributed by atoms with Crippen molar-refractivity contribution in [3.8, 4) is 57.0 Å². The third kappa shape index (κ3) is 5.06. The van der Waals surface area contributed by atoms with Crippen molar-refractivity contribution in [1.82, 2.24) is 0 Å². The number of ether oxygens (including phenoxy) is 1. The monoisotopic (exact) mass is 651 g/mol. The number of nitrogens with zero attached hydrogens (tertiary/aromatic N) is 3. The van der Waals surface area contributed by atoms with Gasteiger partial charge in [0.1, 0.15) is 0 Å². The van der Waals surface area contributed by atoms with Crippen LogP contribution in [0.2, 0.25) is 0 Å². The molecule has 1 aliphatic rings. The average molecular weight is 652 g/mol. The van der Waals surface area contributed by atoms with E-state index in [0.29, 0.717) is 11.1 Å². The van der Waals surface area contributed by atoms with Gasteiger partial charge < -0.3 is 9.64 Å². The van der Waals surface area contributed by atoms with E-state index in [1.165, 1.54) is 0 Å². The Morgan fingerprint density at radius 3 is 1.71 bits per heavy atom. The maximum Gasteiger partial charge on any atom is 0.152 e. The number of hydrogen-bond donors (Lipinski definition) is 0. The fourth-order valence-corrected chi connectivity index (χ4v) is 7.39. The summed E-state index contributed by atoms with van der Waals surface area (Å²) >= 11 is 0. The maximum atomic E-state index is 10.2. The predicted octanol–water partition coefficient (Wildman–Crippen LogP) is 12.6. The van der Waals surface area contributed by atoms with Crippen LogP contribution in [0.4, 0.5) is 17.1 Å². The summed E-state index contributed by atoms with van der Waals surface area (Å²) in [5, 5.41) is 24.0. The molecule has 0 spiro atoms. The van der Waals surface area contributed by atoms with Crippen LogP contribution in [0.1, 0.15) is 16.7 Å². The zero-order chi connectivity index (χ0) is 34.5. The third-order valence-corrected chi connectivity index (χ3v) is 9.82. The summed E-state index contributed by atoms with van der Waals surface area (Å²) in [5.41, 5.74) is 11.2. The van der Waals surface area contributed by atoms with Gasteiger partial charge in [-0.3, -0.25) is 0 Å². The van der Waals surface area contributed by atoms with Gasteiger partial charge in [0, 0.05) is 16.6 Å². The average Bonchev–Trinajstić information content (AvgIpc) is 3.19. The molecule has 0 fully saturated rings. The Morgan fingerprint density at radius 2 is 1.08 bits per heavy atom. The summed E-state index contributed by atoms with van der Waals surface area (Å²) in [7, 11) is 0. The zero-order valence-corrected chi connectivity index (χ0v) is 27.8. The SMILES string of the molecule is Cc1cccc2c(-c3ccc4cc(N5c6ccc(-c7ccccc7)cc6Oc6cc(-c7ccccc7)ccc65)ccc4c3)c(C#N)cc(C#N)c12. The highest BCUT2D eigenvalue weighted by Gasteiger charge is 2.27. The smallest absolute Gasteiger partial charge is 0.152 e. The number of hydrogen-bond acceptors (Lipinski definition) is 4. The molecule has 4 heteroatoms. The number of nitriles is 2. The third-order valence-electron chi connectivity index (χ3n) is 9.82. The van der Waals surface area contributed by atoms with Crippen LogP contribution in [0.3, 0.4) is 0 Å². The van der Waals surface area contributed by atoms with Gasteiger partial charge in [0.05, 0.1) is 34.6 Å². The molecule has 0 saturated carbocycles. The minimum absolute atomic E-state index is 0.492. The highest BCUT2D eigenvalue weighted by molar-refractivity contribution is 6.05. The highest BCUT2D eigenvalue weighted by atomic mass is 16.5. The lowest BCUT2D eigenvalue weighted by atomic mass is 9.88. The van der Waals surface area contributed by atoms with Crippen molar-refractivity contribution in [1.29, 1.82) is 10.5 Å². The van der Waals surface area contributed by atoms with Crippen molar-refractivity contribution >= 4 is 38.6 Å². The molecule has 0 amide bonds. The van der Waals surface area contributed by atoms with Crippen LogP contribution in [-0.2, 0) is 0 Å². The molecule has 4 nitrogen and oxygen atoms in total. The van der Waals surface area contributed by atoms with Crippen molar-refractivity contribution in [3.05, 3.63) is 174 Å². The zero-order valence-electron chi connectivity index (χ0n) is 27.8. The molecule has 9 rings (SSSR count). The Balaban J connectivity index is 1.18. The van der Waals surface area contributed by atoms with E-state index < -0.39 is 0 Å². The van der Waals surface area contributed by atoms with E-state index in [2.05, 4.69) is 138 Å². The Bertz CT molecular complexity index is 2670. The second-order valence-corrected chi connectivity index (χ2v) is 12.8. The highest BCUT2D eigenvalue weighted by Crippen LogP contribution is 2.52. The topological polar surface area (TPSA) is 60.0 Å². The van der Waals surface area contributed by atoms with Crippen LogP contribution < -0.4 is 9.64 Å². The molecule has 0 aliphatic carbocycles. The first kappa shape index (κ1) is 30.0. The molecule has 238 valence electrons. The summed E-state index contributed by atoms with van der Waals surface area (Å²) in [6.45, 7) is 2.01. The summed E-state index contributed by atoms with van der Waals surface area (Å²) in [5.74, 6) is 1.58. The molecule has 1 heterocycles. The van der Waals surface area contributed by atoms with Crippen molar-refractivity contribution < 1.29 is 4.74 Å². The van der Waals surface area contributed by atoms with Gasteiger partial charge in [-0.25, -0.2) is 0 Å². The first-order valence-corrected chi connectivity index (χ1v) is 16.9. The predicted molar refractivity (Wildman–Crippen MR) is 207 cm³/mol. The molecule has 8 aromatic rings. The molecule has 0 bridgehead atoms. The van der Waals surface area contributed by atoms with Gasteiger partial charge in [0.2, 0.25) is 0 Å². The summed E-state index contributed by atoms with van der Waals surface area (Å²) in [6, 6.07) is 58.8. The van der Waals surface area contributed by atoms with Crippen molar-refractivity contribution in [2.75, 3.05) is 4.90 Å². The molecule has 1 aliphatic heterocycles. The fraction of sp³-hybridized carbons (Fsp3) is 0.0213. The molecular weight excluding hydrogens is 623 g/mol. The Kier molecular flexibility index (Phi) is 7.09. The number of aryl methyl sites for hydroxylation is 1. The van der Waals surface area contributed by atoms with Crippen molar-refractivity contribution in [2.24, 2.45) is 0 Å². The normalized spacial score (nSPS) is 11.7. The lowest BCUT2D eigenvalue weighted by Crippen LogP contribution is -2.16. The molecule has 51 heavy (non-hydrogen) atoms. The van der Waals surface area contributed by atoms with Gasteiger partial charge in [0.15, 0.2) is 11.5 Å². The van der Waals surface area contributed by atoms with Gasteiger partial charge in [-0.2, -0.15) is 10.5 Å². The quantitative estimate of drug-likeness (QED) is 0.190. The van der Waals surface area contributed by atoms with Gasteiger partial charge in [0.25, 0.3) is 0 Å². The lowest BCUT2D eigenvalue weighted by Gasteiger charge is -2.33. The molecule has 0 N–H and O–H groups in total. The number of fused-ring (bicyclic) bond motifs is 4. The van der Waals surface area contributed by atoms with E-state index in [1.807, 2.05) is 37.3 Å². The van der Waals surface area contributed by atoms with Crippen LogP contribution in [0, 0.1) is 29.6 Å². The van der Waals surface area contributed by atoms with Gasteiger partial charge >= 0.3 is 0 Å². The summed E-state index contributed by atoms with van der Waals surface area (Å²) in [6.07, 6.45) is 0. The molecule has 0 aromatic heterocycles. The Hall–Kier alpha value is -7.14. The minimum atomic E-state index is 0.492. The second-order valence-electron chi connectivity index (χ2n) is 12.8. The van der Waals surface area contributed by atoms with Crippen LogP contribution >= 0.6 is 0 Å². The maximum absolute atomic E-state index is 10.2. The molecule has 0 saturated heterocycles. The fourth-order valence-electron chi connectivity index (χ4n) is 7.39. The van der Waals surface area contributed by atoms with E-state index >= 15 is 0 Å². The van der Waals surface area contributed by atoms with E-state index in [1.54, 1.807) is 6.07 Å². The Morgan fingerprint density at radius 1 is 0.490 bits per heavy atom. The molecule has 0 radical (unpaired) electrons. The van der Waals surface area contributed by atoms with E-state index in [9.17, 15) is 10.5 Å². The van der Waals surface area contributed by atoms with E-state index in [0.717, 1.165) is 89.1 Å². The van der Waals surface area contributed by atoms with Gasteiger partial charge in [-0.15, -0.1) is 0 Å². The van der Waals surface area contributed by atoms with Crippen LogP contribution in [0.25, 0.3) is 54.9 Å². The van der Waals surface area contributed by atoms with Crippen molar-refractivity contribution in [2.45, 2.75) is 6.92 Å². The van der Waals surface area contributed by atoms with Crippen molar-refractivity contribution in [3.63, 3.8) is 0 Å². The molecular formula is C47H29N3O. The first-order chi connectivity index (χ1) is 25.1. The standard InChI is InChI=1S/C47H29N3O/c1-30-9-8-14-41-46(30)38(28-48)24-39(29-49)47(41)37-16-15-34-25-40(20-17-33(34)23-37)50-42-21-18-35(31-10-4-2-5-11-31)26-44(42)51-45-27-36(19-22-43(45)50)32-12-6-3-7-13-32/h2-27H,1H3. The first-order valence-electron chi connectivity index (χ1n) is 16.9. The van der Waals surface area contributed by atoms with Gasteiger partial charge in [-0.05, 0) is 105 Å². The van der Waals surface area contributed by atoms with E-state index in [-0.39, 0.29) is 0 Å². The second kappa shape index (κ2) is 12.1. The summed E-state index contributed by atoms with van der Waals surface area (Å²) in [4.78, 5) is 2.27. The van der Waals surface area contributed by atoms with Crippen LogP contribution in [0.15, 0.2) is 158 Å². The molecule has 0 atom stereocenters. The largest absolute Gasteiger partial charge is 0.453 e. The summed E-state index contributed by atoms with van der Waals surface area (Å²) < 4.78 is 6.70. The Labute approximate surface area is 296 Å². The van der Waals surface area contributed by atoms with Crippen LogP contribution in [-0.4, -0.2) is 0 Å². The lowest BCUT2D eigenvalue weighted by molar-refractivity contribution is 0.477. The van der Waals surface area contributed by atoms with E-state index in [4.69, 9.17) is 4.74 Å². The molecule has 0 unspecified atom stereocenters. The number of anilines is 3.